The van der Waals surface area contributed by atoms with E-state index >= 15 is 0 Å². The zero-order valence-electron chi connectivity index (χ0n) is 12.0. The van der Waals surface area contributed by atoms with Gasteiger partial charge in [0.2, 0.25) is 5.91 Å². The van der Waals surface area contributed by atoms with Crippen molar-refractivity contribution in [3.63, 3.8) is 0 Å². The van der Waals surface area contributed by atoms with E-state index in [1.54, 1.807) is 0 Å². The summed E-state index contributed by atoms with van der Waals surface area (Å²) in [4.78, 5) is 16.9. The highest BCUT2D eigenvalue weighted by molar-refractivity contribution is 5.79. The molecule has 0 spiro atoms. The number of likely N-dealkylation sites (N-methyl/N-ethyl adjacent to an activating group) is 1. The SMILES string of the molecule is CC1CCC(C(=O)N2CCCC2CN(C)C)CN1. The molecule has 0 aromatic carbocycles. The molecular formula is C14H27N3O. The van der Waals surface area contributed by atoms with Crippen molar-refractivity contribution >= 4 is 5.91 Å². The molecular weight excluding hydrogens is 226 g/mol. The first kappa shape index (κ1) is 13.8. The molecule has 2 rings (SSSR count). The van der Waals surface area contributed by atoms with Gasteiger partial charge < -0.3 is 15.1 Å². The van der Waals surface area contributed by atoms with Crippen molar-refractivity contribution in [1.29, 1.82) is 0 Å². The summed E-state index contributed by atoms with van der Waals surface area (Å²) in [7, 11) is 4.18. The maximum Gasteiger partial charge on any atom is 0.227 e. The van der Waals surface area contributed by atoms with Gasteiger partial charge in [-0.1, -0.05) is 0 Å². The summed E-state index contributed by atoms with van der Waals surface area (Å²) < 4.78 is 0. The Morgan fingerprint density at radius 2 is 2.11 bits per heavy atom. The molecule has 2 aliphatic rings. The lowest BCUT2D eigenvalue weighted by Gasteiger charge is -2.33. The van der Waals surface area contributed by atoms with Gasteiger partial charge in [-0.25, -0.2) is 0 Å². The fourth-order valence-corrected chi connectivity index (χ4v) is 3.18. The maximum atomic E-state index is 12.6. The second-order valence-electron chi connectivity index (χ2n) is 6.17. The van der Waals surface area contributed by atoms with Crippen LogP contribution in [0.2, 0.25) is 0 Å². The monoisotopic (exact) mass is 253 g/mol. The molecule has 4 nitrogen and oxygen atoms in total. The number of hydrogen-bond acceptors (Lipinski definition) is 3. The molecule has 104 valence electrons. The van der Waals surface area contributed by atoms with Crippen molar-refractivity contribution in [2.75, 3.05) is 33.7 Å². The molecule has 0 aromatic heterocycles. The molecule has 3 atom stereocenters. The van der Waals surface area contributed by atoms with E-state index in [1.807, 2.05) is 0 Å². The van der Waals surface area contributed by atoms with Gasteiger partial charge in [0.15, 0.2) is 0 Å². The van der Waals surface area contributed by atoms with Crippen LogP contribution in [0.4, 0.5) is 0 Å². The number of nitrogens with zero attached hydrogens (tertiary/aromatic N) is 2. The number of carbonyl (C=O) groups is 1. The third-order valence-electron chi connectivity index (χ3n) is 4.25. The van der Waals surface area contributed by atoms with Crippen LogP contribution in [0.3, 0.4) is 0 Å². The minimum absolute atomic E-state index is 0.212. The molecule has 0 radical (unpaired) electrons. The highest BCUT2D eigenvalue weighted by Gasteiger charge is 2.34. The maximum absolute atomic E-state index is 12.6. The molecule has 3 unspecified atom stereocenters. The zero-order chi connectivity index (χ0) is 13.1. The van der Waals surface area contributed by atoms with Crippen LogP contribution in [0, 0.1) is 5.92 Å². The summed E-state index contributed by atoms with van der Waals surface area (Å²) in [6.07, 6.45) is 4.52. The third-order valence-corrected chi connectivity index (χ3v) is 4.25. The Labute approximate surface area is 111 Å². The molecule has 1 amide bonds. The van der Waals surface area contributed by atoms with Gasteiger partial charge in [-0.15, -0.1) is 0 Å². The predicted octanol–water partition coefficient (Wildman–Crippen LogP) is 0.927. The minimum Gasteiger partial charge on any atom is -0.338 e. The van der Waals surface area contributed by atoms with Crippen LogP contribution in [0.25, 0.3) is 0 Å². The summed E-state index contributed by atoms with van der Waals surface area (Å²) in [6, 6.07) is 1.01. The Balaban J connectivity index is 1.91. The second kappa shape index (κ2) is 6.02. The molecule has 2 heterocycles. The smallest absolute Gasteiger partial charge is 0.227 e. The summed E-state index contributed by atoms with van der Waals surface area (Å²) in [6.45, 7) is 5.03. The van der Waals surface area contributed by atoms with E-state index in [-0.39, 0.29) is 5.92 Å². The van der Waals surface area contributed by atoms with Crippen molar-refractivity contribution in [3.8, 4) is 0 Å². The first-order chi connectivity index (χ1) is 8.58. The summed E-state index contributed by atoms with van der Waals surface area (Å²) in [5.74, 6) is 0.600. The van der Waals surface area contributed by atoms with Gasteiger partial charge in [-0.3, -0.25) is 4.79 Å². The summed E-state index contributed by atoms with van der Waals surface area (Å²) in [5.41, 5.74) is 0. The van der Waals surface area contributed by atoms with Gasteiger partial charge in [-0.2, -0.15) is 0 Å². The van der Waals surface area contributed by atoms with Gasteiger partial charge >= 0.3 is 0 Å². The predicted molar refractivity (Wildman–Crippen MR) is 73.5 cm³/mol. The highest BCUT2D eigenvalue weighted by atomic mass is 16.2. The van der Waals surface area contributed by atoms with Gasteiger partial charge in [0, 0.05) is 31.7 Å². The van der Waals surface area contributed by atoms with Crippen LogP contribution in [0.15, 0.2) is 0 Å². The second-order valence-corrected chi connectivity index (χ2v) is 6.17. The number of nitrogens with one attached hydrogen (secondary N) is 1. The highest BCUT2D eigenvalue weighted by Crippen LogP contribution is 2.23. The van der Waals surface area contributed by atoms with Gasteiger partial charge in [0.05, 0.1) is 5.92 Å². The van der Waals surface area contributed by atoms with Gasteiger partial charge in [0.25, 0.3) is 0 Å². The van der Waals surface area contributed by atoms with E-state index in [1.165, 1.54) is 12.8 Å². The molecule has 0 saturated carbocycles. The van der Waals surface area contributed by atoms with Crippen LogP contribution in [0.5, 0.6) is 0 Å². The lowest BCUT2D eigenvalue weighted by molar-refractivity contribution is -0.137. The lowest BCUT2D eigenvalue weighted by atomic mass is 9.94. The third kappa shape index (κ3) is 3.23. The fourth-order valence-electron chi connectivity index (χ4n) is 3.18. The molecule has 2 fully saturated rings. The van der Waals surface area contributed by atoms with E-state index in [9.17, 15) is 4.79 Å². The lowest BCUT2D eigenvalue weighted by Crippen LogP contribution is -2.49. The number of rotatable bonds is 3. The van der Waals surface area contributed by atoms with Crippen LogP contribution in [-0.4, -0.2) is 61.5 Å². The van der Waals surface area contributed by atoms with E-state index in [2.05, 4.69) is 36.1 Å². The largest absolute Gasteiger partial charge is 0.338 e. The topological polar surface area (TPSA) is 35.6 Å². The van der Waals surface area contributed by atoms with Crippen LogP contribution in [-0.2, 0) is 4.79 Å². The van der Waals surface area contributed by atoms with E-state index in [0.29, 0.717) is 18.0 Å². The van der Waals surface area contributed by atoms with Crippen molar-refractivity contribution in [2.45, 2.75) is 44.7 Å². The van der Waals surface area contributed by atoms with Crippen LogP contribution < -0.4 is 5.32 Å². The first-order valence-electron chi connectivity index (χ1n) is 7.26. The Kier molecular flexibility index (Phi) is 4.62. The number of likely N-dealkylation sites (tertiary alicyclic amines) is 1. The molecule has 2 saturated heterocycles. The molecule has 1 N–H and O–H groups in total. The van der Waals surface area contributed by atoms with Crippen LogP contribution >= 0.6 is 0 Å². The van der Waals surface area contributed by atoms with Crippen molar-refractivity contribution in [3.05, 3.63) is 0 Å². The van der Waals surface area contributed by atoms with Crippen LogP contribution in [0.1, 0.15) is 32.6 Å². The average Bonchev–Trinajstić information content (AvgIpc) is 2.76. The van der Waals surface area contributed by atoms with Crippen molar-refractivity contribution in [1.82, 2.24) is 15.1 Å². The van der Waals surface area contributed by atoms with E-state index < -0.39 is 0 Å². The molecule has 0 aromatic rings. The average molecular weight is 253 g/mol. The standard InChI is InChI=1S/C14H27N3O/c1-11-6-7-12(9-15-11)14(18)17-8-4-5-13(17)10-16(2)3/h11-13,15H,4-10H2,1-3H3. The Bertz CT molecular complexity index is 285. The Hall–Kier alpha value is -0.610. The van der Waals surface area contributed by atoms with Gasteiger partial charge in [0.1, 0.15) is 0 Å². The molecule has 0 bridgehead atoms. The minimum atomic E-state index is 0.212. The Morgan fingerprint density at radius 1 is 1.33 bits per heavy atom. The van der Waals surface area contributed by atoms with Crippen molar-refractivity contribution < 1.29 is 4.79 Å². The van der Waals surface area contributed by atoms with E-state index in [4.69, 9.17) is 0 Å². The zero-order valence-corrected chi connectivity index (χ0v) is 12.0. The summed E-state index contributed by atoms with van der Waals surface area (Å²) in [5, 5.41) is 3.43. The first-order valence-corrected chi connectivity index (χ1v) is 7.26. The van der Waals surface area contributed by atoms with Gasteiger partial charge in [-0.05, 0) is 46.7 Å². The molecule has 18 heavy (non-hydrogen) atoms. The number of carbonyl (C=O) groups excluding carboxylic acids is 1. The number of amides is 1. The van der Waals surface area contributed by atoms with E-state index in [0.717, 1.165) is 32.5 Å². The summed E-state index contributed by atoms with van der Waals surface area (Å²) >= 11 is 0. The molecule has 2 aliphatic heterocycles. The Morgan fingerprint density at radius 3 is 2.72 bits per heavy atom. The number of hydrogen-bond donors (Lipinski definition) is 1. The molecule has 0 aliphatic carbocycles. The quantitative estimate of drug-likeness (QED) is 0.812. The normalized spacial score (nSPS) is 33.1. The fraction of sp³-hybridized carbons (Fsp3) is 0.929. The number of piperidine rings is 1. The van der Waals surface area contributed by atoms with Crippen molar-refractivity contribution in [2.24, 2.45) is 5.92 Å². The molecule has 4 heteroatoms.